The zero-order valence-electron chi connectivity index (χ0n) is 9.40. The monoisotopic (exact) mass is 217 g/mol. The van der Waals surface area contributed by atoms with E-state index in [2.05, 4.69) is 28.5 Å². The maximum Gasteiger partial charge on any atom is 0.124 e. The van der Waals surface area contributed by atoms with E-state index in [0.29, 0.717) is 0 Å². The molecular formula is C12H15N3O. The first-order valence-corrected chi connectivity index (χ1v) is 5.19. The number of anilines is 1. The summed E-state index contributed by atoms with van der Waals surface area (Å²) < 4.78 is 5.32. The Bertz CT molecular complexity index is 439. The second-order valence-electron chi connectivity index (χ2n) is 3.59. The molecule has 4 nitrogen and oxygen atoms in total. The van der Waals surface area contributed by atoms with Crippen LogP contribution in [0, 0.1) is 0 Å². The zero-order chi connectivity index (χ0) is 11.4. The van der Waals surface area contributed by atoms with Gasteiger partial charge >= 0.3 is 0 Å². The minimum absolute atomic E-state index is 0.175. The first-order valence-electron chi connectivity index (χ1n) is 5.19. The summed E-state index contributed by atoms with van der Waals surface area (Å²) in [6.07, 6.45) is 3.58. The van der Waals surface area contributed by atoms with Gasteiger partial charge in [0.15, 0.2) is 0 Å². The largest absolute Gasteiger partial charge is 0.496 e. The van der Waals surface area contributed by atoms with Crippen molar-refractivity contribution in [3.8, 4) is 5.75 Å². The third-order valence-electron chi connectivity index (χ3n) is 2.49. The predicted molar refractivity (Wildman–Crippen MR) is 63.6 cm³/mol. The average molecular weight is 217 g/mol. The smallest absolute Gasteiger partial charge is 0.124 e. The van der Waals surface area contributed by atoms with Gasteiger partial charge in [0, 0.05) is 11.8 Å². The molecule has 0 spiro atoms. The number of aromatic nitrogens is 2. The van der Waals surface area contributed by atoms with Crippen molar-refractivity contribution in [2.75, 3.05) is 12.4 Å². The first-order chi connectivity index (χ1) is 7.81. The molecule has 0 saturated carbocycles. The van der Waals surface area contributed by atoms with Crippen LogP contribution < -0.4 is 10.1 Å². The molecule has 0 aliphatic heterocycles. The zero-order valence-corrected chi connectivity index (χ0v) is 9.40. The van der Waals surface area contributed by atoms with E-state index in [1.165, 1.54) is 0 Å². The minimum Gasteiger partial charge on any atom is -0.496 e. The molecule has 0 aliphatic carbocycles. The Hall–Kier alpha value is -1.97. The van der Waals surface area contributed by atoms with Crippen molar-refractivity contribution in [3.05, 3.63) is 42.2 Å². The van der Waals surface area contributed by atoms with Crippen LogP contribution in [0.3, 0.4) is 0 Å². The molecular weight excluding hydrogens is 202 g/mol. The van der Waals surface area contributed by atoms with Crippen LogP contribution in [0.15, 0.2) is 36.7 Å². The summed E-state index contributed by atoms with van der Waals surface area (Å²) in [5.41, 5.74) is 2.10. The van der Waals surface area contributed by atoms with Gasteiger partial charge in [-0.25, -0.2) is 0 Å². The van der Waals surface area contributed by atoms with Crippen LogP contribution in [0.2, 0.25) is 0 Å². The molecule has 84 valence electrons. The summed E-state index contributed by atoms with van der Waals surface area (Å²) >= 11 is 0. The van der Waals surface area contributed by atoms with Crippen LogP contribution in [0.25, 0.3) is 0 Å². The molecule has 0 bridgehead atoms. The molecule has 1 unspecified atom stereocenters. The Morgan fingerprint density at radius 1 is 1.38 bits per heavy atom. The Morgan fingerprint density at radius 2 is 2.19 bits per heavy atom. The molecule has 1 aromatic carbocycles. The number of H-pyrrole nitrogens is 1. The highest BCUT2D eigenvalue weighted by atomic mass is 16.5. The van der Waals surface area contributed by atoms with E-state index in [9.17, 15) is 0 Å². The van der Waals surface area contributed by atoms with Gasteiger partial charge in [0.25, 0.3) is 0 Å². The van der Waals surface area contributed by atoms with E-state index in [1.54, 1.807) is 13.3 Å². The van der Waals surface area contributed by atoms with Crippen molar-refractivity contribution in [2.24, 2.45) is 0 Å². The van der Waals surface area contributed by atoms with Crippen molar-refractivity contribution in [2.45, 2.75) is 13.0 Å². The second kappa shape index (κ2) is 4.70. The molecule has 4 heteroatoms. The minimum atomic E-state index is 0.175. The summed E-state index contributed by atoms with van der Waals surface area (Å²) in [5, 5.41) is 10.0. The number of benzene rings is 1. The number of para-hydroxylation sites is 1. The Morgan fingerprint density at radius 3 is 2.88 bits per heavy atom. The van der Waals surface area contributed by atoms with Gasteiger partial charge in [-0.1, -0.05) is 18.2 Å². The van der Waals surface area contributed by atoms with Crippen LogP contribution in [0.4, 0.5) is 5.69 Å². The fourth-order valence-corrected chi connectivity index (χ4v) is 1.68. The van der Waals surface area contributed by atoms with E-state index in [1.807, 2.05) is 24.4 Å². The number of rotatable bonds is 4. The standard InChI is InChI=1S/C12H15N3O/c1-9(15-10-7-13-14-8-10)11-5-3-4-6-12(11)16-2/h3-9,15H,1-2H3,(H,13,14). The van der Waals surface area contributed by atoms with Crippen LogP contribution >= 0.6 is 0 Å². The van der Waals surface area contributed by atoms with Gasteiger partial charge in [-0.2, -0.15) is 5.10 Å². The van der Waals surface area contributed by atoms with Crippen molar-refractivity contribution >= 4 is 5.69 Å². The van der Waals surface area contributed by atoms with Crippen molar-refractivity contribution in [1.82, 2.24) is 10.2 Å². The molecule has 0 radical (unpaired) electrons. The van der Waals surface area contributed by atoms with E-state index < -0.39 is 0 Å². The average Bonchev–Trinajstić information content (AvgIpc) is 2.81. The van der Waals surface area contributed by atoms with Crippen LogP contribution in [0.1, 0.15) is 18.5 Å². The fourth-order valence-electron chi connectivity index (χ4n) is 1.68. The molecule has 1 atom stereocenters. The van der Waals surface area contributed by atoms with Crippen LogP contribution in [-0.4, -0.2) is 17.3 Å². The highest BCUT2D eigenvalue weighted by molar-refractivity contribution is 5.44. The van der Waals surface area contributed by atoms with Gasteiger partial charge in [-0.3, -0.25) is 5.10 Å². The van der Waals surface area contributed by atoms with Crippen molar-refractivity contribution in [1.29, 1.82) is 0 Å². The third kappa shape index (κ3) is 2.16. The molecule has 16 heavy (non-hydrogen) atoms. The fraction of sp³-hybridized carbons (Fsp3) is 0.250. The molecule has 2 N–H and O–H groups in total. The summed E-state index contributed by atoms with van der Waals surface area (Å²) in [4.78, 5) is 0. The molecule has 0 fully saturated rings. The quantitative estimate of drug-likeness (QED) is 0.827. The lowest BCUT2D eigenvalue weighted by Gasteiger charge is -2.16. The summed E-state index contributed by atoms with van der Waals surface area (Å²) in [6.45, 7) is 2.09. The lowest BCUT2D eigenvalue weighted by molar-refractivity contribution is 0.408. The number of hydrogen-bond acceptors (Lipinski definition) is 3. The van der Waals surface area contributed by atoms with E-state index in [4.69, 9.17) is 4.74 Å². The van der Waals surface area contributed by atoms with Crippen LogP contribution in [-0.2, 0) is 0 Å². The molecule has 0 amide bonds. The number of nitrogens with zero attached hydrogens (tertiary/aromatic N) is 1. The van der Waals surface area contributed by atoms with Crippen molar-refractivity contribution < 1.29 is 4.74 Å². The topological polar surface area (TPSA) is 49.9 Å². The third-order valence-corrected chi connectivity index (χ3v) is 2.49. The number of nitrogens with one attached hydrogen (secondary N) is 2. The molecule has 1 aromatic heterocycles. The second-order valence-corrected chi connectivity index (χ2v) is 3.59. The predicted octanol–water partition coefficient (Wildman–Crippen LogP) is 2.59. The van der Waals surface area contributed by atoms with Gasteiger partial charge in [0.1, 0.15) is 5.75 Å². The Labute approximate surface area is 94.6 Å². The molecule has 0 saturated heterocycles. The molecule has 2 aromatic rings. The van der Waals surface area contributed by atoms with Gasteiger partial charge in [0.05, 0.1) is 25.0 Å². The number of ether oxygens (including phenoxy) is 1. The maximum atomic E-state index is 5.32. The van der Waals surface area contributed by atoms with Crippen molar-refractivity contribution in [3.63, 3.8) is 0 Å². The molecule has 0 aliphatic rings. The van der Waals surface area contributed by atoms with Gasteiger partial charge in [-0.15, -0.1) is 0 Å². The molecule has 2 rings (SSSR count). The lowest BCUT2D eigenvalue weighted by atomic mass is 10.1. The molecule has 1 heterocycles. The van der Waals surface area contributed by atoms with Crippen LogP contribution in [0.5, 0.6) is 5.75 Å². The van der Waals surface area contributed by atoms with Gasteiger partial charge < -0.3 is 10.1 Å². The first kappa shape index (κ1) is 10.5. The Balaban J connectivity index is 2.17. The van der Waals surface area contributed by atoms with E-state index in [0.717, 1.165) is 17.0 Å². The summed E-state index contributed by atoms with van der Waals surface area (Å²) in [7, 11) is 1.68. The summed E-state index contributed by atoms with van der Waals surface area (Å²) in [6, 6.07) is 8.16. The maximum absolute atomic E-state index is 5.32. The van der Waals surface area contributed by atoms with E-state index in [-0.39, 0.29) is 6.04 Å². The lowest BCUT2D eigenvalue weighted by Crippen LogP contribution is -2.07. The van der Waals surface area contributed by atoms with Gasteiger partial charge in [-0.05, 0) is 13.0 Å². The highest BCUT2D eigenvalue weighted by Gasteiger charge is 2.10. The number of hydrogen-bond donors (Lipinski definition) is 2. The SMILES string of the molecule is COc1ccccc1C(C)Nc1cn[nH]c1. The highest BCUT2D eigenvalue weighted by Crippen LogP contribution is 2.26. The number of aromatic amines is 1. The summed E-state index contributed by atoms with van der Waals surface area (Å²) in [5.74, 6) is 0.894. The number of methoxy groups -OCH3 is 1. The normalized spacial score (nSPS) is 12.1. The van der Waals surface area contributed by atoms with Gasteiger partial charge in [0.2, 0.25) is 0 Å². The Kier molecular flexibility index (Phi) is 3.10. The van der Waals surface area contributed by atoms with E-state index >= 15 is 0 Å².